The largest absolute Gasteiger partial charge is 0.365 e. The molecule has 0 bridgehead atoms. The van der Waals surface area contributed by atoms with Gasteiger partial charge in [-0.15, -0.1) is 11.3 Å². The lowest BCUT2D eigenvalue weighted by atomic mass is 10.1. The van der Waals surface area contributed by atoms with Crippen LogP contribution in [0, 0.1) is 0 Å². The zero-order valence-electron chi connectivity index (χ0n) is 12.8. The molecule has 8 heteroatoms. The van der Waals surface area contributed by atoms with Crippen LogP contribution < -0.4 is 16.2 Å². The SMILES string of the molecule is O=c1[nH]cnc(NC2CCCNC2)c1-c1nc2cccc(Cl)c2s1. The second-order valence-corrected chi connectivity index (χ2v) is 7.16. The number of benzene rings is 1. The number of anilines is 1. The lowest BCUT2D eigenvalue weighted by Gasteiger charge is -2.24. The van der Waals surface area contributed by atoms with Crippen LogP contribution in [0.25, 0.3) is 20.8 Å². The number of aromatic amines is 1. The van der Waals surface area contributed by atoms with Crippen LogP contribution in [-0.4, -0.2) is 34.1 Å². The number of halogens is 1. The van der Waals surface area contributed by atoms with E-state index in [1.54, 1.807) is 0 Å². The minimum Gasteiger partial charge on any atom is -0.365 e. The summed E-state index contributed by atoms with van der Waals surface area (Å²) in [5.74, 6) is 0.572. The highest BCUT2D eigenvalue weighted by molar-refractivity contribution is 7.22. The number of aromatic nitrogens is 3. The van der Waals surface area contributed by atoms with E-state index in [-0.39, 0.29) is 11.6 Å². The molecule has 0 spiro atoms. The smallest absolute Gasteiger partial charge is 0.263 e. The molecule has 4 rings (SSSR count). The van der Waals surface area contributed by atoms with Crippen LogP contribution in [0.3, 0.4) is 0 Å². The van der Waals surface area contributed by atoms with Gasteiger partial charge in [-0.05, 0) is 31.5 Å². The minimum atomic E-state index is -0.202. The summed E-state index contributed by atoms with van der Waals surface area (Å²) < 4.78 is 0.878. The van der Waals surface area contributed by atoms with Gasteiger partial charge in [-0.25, -0.2) is 9.97 Å². The molecule has 3 aromatic rings. The van der Waals surface area contributed by atoms with Gasteiger partial charge in [-0.2, -0.15) is 0 Å². The van der Waals surface area contributed by atoms with E-state index in [4.69, 9.17) is 11.6 Å². The van der Waals surface area contributed by atoms with E-state index in [2.05, 4.69) is 25.6 Å². The average Bonchev–Trinajstić information content (AvgIpc) is 3.01. The molecule has 1 unspecified atom stereocenters. The average molecular weight is 362 g/mol. The number of thiazole rings is 1. The summed E-state index contributed by atoms with van der Waals surface area (Å²) in [5.41, 5.74) is 1.06. The van der Waals surface area contributed by atoms with Crippen molar-refractivity contribution in [1.29, 1.82) is 0 Å². The number of rotatable bonds is 3. The molecular formula is C16H16ClN5OS. The highest BCUT2D eigenvalue weighted by Crippen LogP contribution is 2.35. The van der Waals surface area contributed by atoms with Crippen LogP contribution in [0.4, 0.5) is 5.82 Å². The van der Waals surface area contributed by atoms with Gasteiger partial charge in [0.1, 0.15) is 16.4 Å². The molecule has 0 saturated carbocycles. The van der Waals surface area contributed by atoms with Crippen LogP contribution in [0.1, 0.15) is 12.8 Å². The van der Waals surface area contributed by atoms with Crippen LogP contribution >= 0.6 is 22.9 Å². The van der Waals surface area contributed by atoms with Crippen LogP contribution in [0.5, 0.6) is 0 Å². The van der Waals surface area contributed by atoms with Crippen molar-refractivity contribution >= 4 is 39.0 Å². The predicted octanol–water partition coefficient (Wildman–Crippen LogP) is 2.86. The maximum Gasteiger partial charge on any atom is 0.263 e. The highest BCUT2D eigenvalue weighted by Gasteiger charge is 2.20. The number of piperidine rings is 1. The lowest BCUT2D eigenvalue weighted by Crippen LogP contribution is -2.39. The Morgan fingerprint density at radius 2 is 2.29 bits per heavy atom. The molecule has 1 aliphatic heterocycles. The summed E-state index contributed by atoms with van der Waals surface area (Å²) in [5, 5.41) is 8.00. The molecule has 1 saturated heterocycles. The number of H-pyrrole nitrogens is 1. The molecule has 24 heavy (non-hydrogen) atoms. The zero-order chi connectivity index (χ0) is 16.5. The van der Waals surface area contributed by atoms with E-state index < -0.39 is 0 Å². The Balaban J connectivity index is 1.78. The number of hydrogen-bond donors (Lipinski definition) is 3. The van der Waals surface area contributed by atoms with E-state index in [1.807, 2.05) is 18.2 Å². The highest BCUT2D eigenvalue weighted by atomic mass is 35.5. The molecule has 3 heterocycles. The van der Waals surface area contributed by atoms with Crippen molar-refractivity contribution < 1.29 is 0 Å². The molecule has 0 aliphatic carbocycles. The van der Waals surface area contributed by atoms with Crippen LogP contribution in [0.2, 0.25) is 5.02 Å². The first-order valence-corrected chi connectivity index (χ1v) is 9.02. The van der Waals surface area contributed by atoms with Crippen molar-refractivity contribution in [2.24, 2.45) is 0 Å². The fourth-order valence-electron chi connectivity index (χ4n) is 2.90. The second kappa shape index (κ2) is 6.51. The Labute approximate surface area is 147 Å². The van der Waals surface area contributed by atoms with Gasteiger partial charge in [-0.1, -0.05) is 17.7 Å². The molecule has 0 radical (unpaired) electrons. The maximum atomic E-state index is 12.4. The van der Waals surface area contributed by atoms with Crippen molar-refractivity contribution in [1.82, 2.24) is 20.3 Å². The van der Waals surface area contributed by atoms with Crippen molar-refractivity contribution in [2.45, 2.75) is 18.9 Å². The molecule has 2 aromatic heterocycles. The normalized spacial score (nSPS) is 18.0. The molecule has 1 aromatic carbocycles. The number of fused-ring (bicyclic) bond motifs is 1. The summed E-state index contributed by atoms with van der Waals surface area (Å²) in [7, 11) is 0. The summed E-state index contributed by atoms with van der Waals surface area (Å²) in [6.45, 7) is 1.89. The predicted molar refractivity (Wildman–Crippen MR) is 98.0 cm³/mol. The van der Waals surface area contributed by atoms with Gasteiger partial charge in [0, 0.05) is 12.6 Å². The Bertz CT molecular complexity index is 932. The first-order chi connectivity index (χ1) is 11.7. The minimum absolute atomic E-state index is 0.202. The van der Waals surface area contributed by atoms with Gasteiger partial charge in [-0.3, -0.25) is 4.79 Å². The van der Waals surface area contributed by atoms with Gasteiger partial charge >= 0.3 is 0 Å². The van der Waals surface area contributed by atoms with Gasteiger partial charge in [0.25, 0.3) is 5.56 Å². The van der Waals surface area contributed by atoms with E-state index in [0.717, 1.165) is 36.1 Å². The fraction of sp³-hybridized carbons (Fsp3) is 0.312. The van der Waals surface area contributed by atoms with E-state index in [9.17, 15) is 4.79 Å². The molecule has 124 valence electrons. The summed E-state index contributed by atoms with van der Waals surface area (Å²) in [6.07, 6.45) is 3.57. The molecule has 3 N–H and O–H groups in total. The van der Waals surface area contributed by atoms with Gasteiger partial charge in [0.15, 0.2) is 0 Å². The standard InChI is InChI=1S/C16H16ClN5OS/c17-10-4-1-5-11-13(10)24-16(22-11)12-14(19-8-20-15(12)23)21-9-3-2-6-18-7-9/h1,4-5,8-9,18H,2-3,6-7H2,(H2,19,20,21,23). The van der Waals surface area contributed by atoms with Crippen molar-refractivity contribution in [3.05, 3.63) is 39.9 Å². The van der Waals surface area contributed by atoms with Gasteiger partial charge in [0.05, 0.1) is 21.6 Å². The van der Waals surface area contributed by atoms with Crippen LogP contribution in [0.15, 0.2) is 29.3 Å². The topological polar surface area (TPSA) is 82.7 Å². The summed E-state index contributed by atoms with van der Waals surface area (Å²) in [4.78, 5) is 24.0. The third kappa shape index (κ3) is 2.90. The van der Waals surface area contributed by atoms with Gasteiger partial charge < -0.3 is 15.6 Å². The Morgan fingerprint density at radius 3 is 3.08 bits per heavy atom. The number of hydrogen-bond acceptors (Lipinski definition) is 6. The third-order valence-electron chi connectivity index (χ3n) is 4.07. The lowest BCUT2D eigenvalue weighted by molar-refractivity contribution is 0.479. The van der Waals surface area contributed by atoms with Crippen molar-refractivity contribution in [2.75, 3.05) is 18.4 Å². The Hall–Kier alpha value is -1.96. The molecule has 0 amide bonds. The first-order valence-electron chi connectivity index (χ1n) is 7.83. The quantitative estimate of drug-likeness (QED) is 0.668. The molecule has 1 atom stereocenters. The third-order valence-corrected chi connectivity index (χ3v) is 5.62. The van der Waals surface area contributed by atoms with Crippen molar-refractivity contribution in [3.63, 3.8) is 0 Å². The molecule has 6 nitrogen and oxygen atoms in total. The maximum absolute atomic E-state index is 12.4. The second-order valence-electron chi connectivity index (χ2n) is 5.75. The van der Waals surface area contributed by atoms with Gasteiger partial charge in [0.2, 0.25) is 0 Å². The van der Waals surface area contributed by atoms with E-state index >= 15 is 0 Å². The van der Waals surface area contributed by atoms with Crippen molar-refractivity contribution in [3.8, 4) is 10.6 Å². The summed E-state index contributed by atoms with van der Waals surface area (Å²) in [6, 6.07) is 5.83. The van der Waals surface area contributed by atoms with Crippen LogP contribution in [-0.2, 0) is 0 Å². The van der Waals surface area contributed by atoms with E-state index in [1.165, 1.54) is 17.7 Å². The summed E-state index contributed by atoms with van der Waals surface area (Å²) >= 11 is 7.65. The fourth-order valence-corrected chi connectivity index (χ4v) is 4.20. The molecule has 1 aliphatic rings. The van der Waals surface area contributed by atoms with E-state index in [0.29, 0.717) is 21.4 Å². The number of nitrogens with zero attached hydrogens (tertiary/aromatic N) is 2. The monoisotopic (exact) mass is 361 g/mol. The number of nitrogens with one attached hydrogen (secondary N) is 3. The first kappa shape index (κ1) is 15.6. The molecular weight excluding hydrogens is 346 g/mol. The zero-order valence-corrected chi connectivity index (χ0v) is 14.4. The Kier molecular flexibility index (Phi) is 4.22. The Morgan fingerprint density at radius 1 is 1.38 bits per heavy atom. The molecule has 1 fully saturated rings.